The normalized spacial score (nSPS) is 19.4. The summed E-state index contributed by atoms with van der Waals surface area (Å²) >= 11 is 0.982. The number of hydrogen-bond acceptors (Lipinski definition) is 5. The summed E-state index contributed by atoms with van der Waals surface area (Å²) in [5.41, 5.74) is 0. The molecule has 21 heavy (non-hydrogen) atoms. The van der Waals surface area contributed by atoms with Crippen LogP contribution in [-0.2, 0) is 0 Å². The molecule has 114 valence electrons. The third-order valence-corrected chi connectivity index (χ3v) is 5.17. The van der Waals surface area contributed by atoms with E-state index in [2.05, 4.69) is 5.32 Å². The predicted octanol–water partition coefficient (Wildman–Crippen LogP) is 2.26. The van der Waals surface area contributed by atoms with E-state index >= 15 is 0 Å². The predicted molar refractivity (Wildman–Crippen MR) is 80.6 cm³/mol. The molecule has 1 aliphatic heterocycles. The summed E-state index contributed by atoms with van der Waals surface area (Å²) in [5, 5.41) is 14.1. The van der Waals surface area contributed by atoms with E-state index in [1.807, 2.05) is 4.90 Å². The number of piperidine rings is 1. The van der Waals surface area contributed by atoms with Crippen LogP contribution in [0.4, 0.5) is 5.00 Å². The fourth-order valence-corrected chi connectivity index (χ4v) is 3.59. The molecule has 0 radical (unpaired) electrons. The summed E-state index contributed by atoms with van der Waals surface area (Å²) in [5.74, 6) is 0.514. The van der Waals surface area contributed by atoms with Crippen LogP contribution in [0.5, 0.6) is 0 Å². The molecule has 3 rings (SSSR count). The molecule has 1 saturated heterocycles. The SMILES string of the molecule is O=C(c1ccc([N+](=O)[O-])s1)N(CC1CCNCC1)C1CC1. The second kappa shape index (κ2) is 6.11. The van der Waals surface area contributed by atoms with E-state index in [0.29, 0.717) is 16.8 Å². The average molecular weight is 309 g/mol. The van der Waals surface area contributed by atoms with Crippen LogP contribution < -0.4 is 5.32 Å². The van der Waals surface area contributed by atoms with Crippen molar-refractivity contribution in [2.75, 3.05) is 19.6 Å². The van der Waals surface area contributed by atoms with Gasteiger partial charge in [0.05, 0.1) is 9.80 Å². The minimum Gasteiger partial charge on any atom is -0.335 e. The van der Waals surface area contributed by atoms with Crippen molar-refractivity contribution in [3.8, 4) is 0 Å². The zero-order chi connectivity index (χ0) is 14.8. The van der Waals surface area contributed by atoms with Crippen molar-refractivity contribution in [3.63, 3.8) is 0 Å². The van der Waals surface area contributed by atoms with E-state index in [4.69, 9.17) is 0 Å². The monoisotopic (exact) mass is 309 g/mol. The largest absolute Gasteiger partial charge is 0.335 e. The van der Waals surface area contributed by atoms with Gasteiger partial charge in [-0.2, -0.15) is 0 Å². The average Bonchev–Trinajstić information content (AvgIpc) is 3.20. The first-order valence-corrected chi connectivity index (χ1v) is 8.22. The van der Waals surface area contributed by atoms with Crippen LogP contribution in [0.1, 0.15) is 35.4 Å². The Hall–Kier alpha value is -1.47. The first-order chi connectivity index (χ1) is 10.1. The van der Waals surface area contributed by atoms with Gasteiger partial charge in [-0.05, 0) is 50.8 Å². The van der Waals surface area contributed by atoms with Gasteiger partial charge in [-0.1, -0.05) is 11.3 Å². The highest BCUT2D eigenvalue weighted by atomic mass is 32.1. The number of nitro groups is 1. The Balaban J connectivity index is 1.70. The van der Waals surface area contributed by atoms with Gasteiger partial charge in [0.15, 0.2) is 0 Å². The molecule has 0 aromatic carbocycles. The molecule has 6 nitrogen and oxygen atoms in total. The Morgan fingerprint density at radius 1 is 1.33 bits per heavy atom. The summed E-state index contributed by atoms with van der Waals surface area (Å²) < 4.78 is 0. The van der Waals surface area contributed by atoms with Gasteiger partial charge in [0.1, 0.15) is 0 Å². The number of nitrogens with one attached hydrogen (secondary N) is 1. The molecule has 0 unspecified atom stereocenters. The molecular weight excluding hydrogens is 290 g/mol. The van der Waals surface area contributed by atoms with Crippen molar-refractivity contribution >= 4 is 22.2 Å². The number of amides is 1. The van der Waals surface area contributed by atoms with Gasteiger partial charge >= 0.3 is 5.00 Å². The number of nitrogens with zero attached hydrogens (tertiary/aromatic N) is 2. The van der Waals surface area contributed by atoms with Crippen molar-refractivity contribution in [2.24, 2.45) is 5.92 Å². The fourth-order valence-electron chi connectivity index (χ4n) is 2.81. The van der Waals surface area contributed by atoms with Crippen LogP contribution in [0.2, 0.25) is 0 Å². The molecular formula is C14H19N3O3S. The minimum absolute atomic E-state index is 0.0332. The molecule has 2 fully saturated rings. The second-order valence-corrected chi connectivity index (χ2v) is 6.84. The minimum atomic E-state index is -0.435. The standard InChI is InChI=1S/C14H19N3O3S/c18-14(12-3-4-13(21-12)17(19)20)16(11-1-2-11)9-10-5-7-15-8-6-10/h3-4,10-11,15H,1-2,5-9H2. The molecule has 1 aliphatic carbocycles. The fraction of sp³-hybridized carbons (Fsp3) is 0.643. The Morgan fingerprint density at radius 2 is 2.05 bits per heavy atom. The van der Waals surface area contributed by atoms with Crippen LogP contribution in [0, 0.1) is 16.0 Å². The number of thiophene rings is 1. The highest BCUT2D eigenvalue weighted by Crippen LogP contribution is 2.33. The number of carbonyl (C=O) groups excluding carboxylic acids is 1. The second-order valence-electron chi connectivity index (χ2n) is 5.78. The van der Waals surface area contributed by atoms with Crippen LogP contribution in [0.25, 0.3) is 0 Å². The van der Waals surface area contributed by atoms with E-state index in [-0.39, 0.29) is 10.9 Å². The van der Waals surface area contributed by atoms with E-state index < -0.39 is 4.92 Å². The summed E-state index contributed by atoms with van der Waals surface area (Å²) in [6.07, 6.45) is 4.32. The van der Waals surface area contributed by atoms with Gasteiger partial charge in [-0.3, -0.25) is 14.9 Å². The van der Waals surface area contributed by atoms with Crippen LogP contribution in [-0.4, -0.2) is 41.4 Å². The van der Waals surface area contributed by atoms with Crippen molar-refractivity contribution in [3.05, 3.63) is 27.1 Å². The number of rotatable bonds is 5. The summed E-state index contributed by atoms with van der Waals surface area (Å²) in [6.45, 7) is 2.82. The zero-order valence-electron chi connectivity index (χ0n) is 11.8. The maximum atomic E-state index is 12.6. The molecule has 7 heteroatoms. The van der Waals surface area contributed by atoms with Crippen molar-refractivity contribution < 1.29 is 9.72 Å². The molecule has 1 saturated carbocycles. The van der Waals surface area contributed by atoms with Crippen LogP contribution in [0.3, 0.4) is 0 Å². The number of carbonyl (C=O) groups is 1. The molecule has 2 heterocycles. The zero-order valence-corrected chi connectivity index (χ0v) is 12.6. The third-order valence-electron chi connectivity index (χ3n) is 4.14. The van der Waals surface area contributed by atoms with E-state index in [1.165, 1.54) is 6.07 Å². The van der Waals surface area contributed by atoms with E-state index in [9.17, 15) is 14.9 Å². The summed E-state index contributed by atoms with van der Waals surface area (Å²) in [6, 6.07) is 3.35. The smallest absolute Gasteiger partial charge is 0.324 e. The molecule has 2 aliphatic rings. The first-order valence-electron chi connectivity index (χ1n) is 7.41. The summed E-state index contributed by atoms with van der Waals surface area (Å²) in [4.78, 5) is 25.4. The van der Waals surface area contributed by atoms with Gasteiger partial charge in [0.25, 0.3) is 5.91 Å². The van der Waals surface area contributed by atoms with Crippen molar-refractivity contribution in [1.29, 1.82) is 0 Å². The Labute approximate surface area is 127 Å². The van der Waals surface area contributed by atoms with Gasteiger partial charge in [-0.15, -0.1) is 0 Å². The van der Waals surface area contributed by atoms with Crippen molar-refractivity contribution in [1.82, 2.24) is 10.2 Å². The molecule has 1 N–H and O–H groups in total. The third kappa shape index (κ3) is 3.41. The highest BCUT2D eigenvalue weighted by molar-refractivity contribution is 7.17. The molecule has 0 atom stereocenters. The van der Waals surface area contributed by atoms with Crippen molar-refractivity contribution in [2.45, 2.75) is 31.7 Å². The maximum absolute atomic E-state index is 12.6. The first kappa shape index (κ1) is 14.5. The van der Waals surface area contributed by atoms with Gasteiger partial charge < -0.3 is 10.2 Å². The molecule has 1 aromatic rings. The maximum Gasteiger partial charge on any atom is 0.324 e. The number of hydrogen-bond donors (Lipinski definition) is 1. The van der Waals surface area contributed by atoms with Gasteiger partial charge in [0.2, 0.25) is 0 Å². The van der Waals surface area contributed by atoms with Gasteiger partial charge in [-0.25, -0.2) is 0 Å². The van der Waals surface area contributed by atoms with E-state index in [0.717, 1.165) is 56.7 Å². The Kier molecular flexibility index (Phi) is 4.21. The lowest BCUT2D eigenvalue weighted by atomic mass is 9.97. The lowest BCUT2D eigenvalue weighted by molar-refractivity contribution is -0.380. The Morgan fingerprint density at radius 3 is 2.62 bits per heavy atom. The topological polar surface area (TPSA) is 75.5 Å². The lowest BCUT2D eigenvalue weighted by Crippen LogP contribution is -2.40. The molecule has 1 amide bonds. The Bertz CT molecular complexity index is 535. The highest BCUT2D eigenvalue weighted by Gasteiger charge is 2.35. The molecule has 0 spiro atoms. The van der Waals surface area contributed by atoms with Crippen LogP contribution in [0.15, 0.2) is 12.1 Å². The quantitative estimate of drug-likeness (QED) is 0.668. The van der Waals surface area contributed by atoms with E-state index in [1.54, 1.807) is 6.07 Å². The van der Waals surface area contributed by atoms with Crippen LogP contribution >= 0.6 is 11.3 Å². The lowest BCUT2D eigenvalue weighted by Gasteiger charge is -2.30. The summed E-state index contributed by atoms with van der Waals surface area (Å²) in [7, 11) is 0. The molecule has 0 bridgehead atoms. The molecule has 1 aromatic heterocycles. The van der Waals surface area contributed by atoms with Gasteiger partial charge in [0, 0.05) is 18.7 Å².